The molecule has 0 amide bonds. The smallest absolute Gasteiger partial charge is 0.343 e. The van der Waals surface area contributed by atoms with Crippen LogP contribution in [0.3, 0.4) is 0 Å². The predicted molar refractivity (Wildman–Crippen MR) is 163 cm³/mol. The van der Waals surface area contributed by atoms with Gasteiger partial charge in [-0.15, -0.1) is 0 Å². The summed E-state index contributed by atoms with van der Waals surface area (Å²) in [5, 5.41) is 9.68. The van der Waals surface area contributed by atoms with Crippen molar-refractivity contribution in [2.24, 2.45) is 0 Å². The van der Waals surface area contributed by atoms with E-state index in [1.165, 1.54) is 6.08 Å². The number of rotatable bonds is 14. The minimum Gasteiger partial charge on any atom is -0.494 e. The van der Waals surface area contributed by atoms with Gasteiger partial charge in [0, 0.05) is 6.08 Å². The Morgan fingerprint density at radius 2 is 1.59 bits per heavy atom. The van der Waals surface area contributed by atoms with Crippen LogP contribution in [0, 0.1) is 6.92 Å². The predicted octanol–water partition coefficient (Wildman–Crippen LogP) is 5.70. The van der Waals surface area contributed by atoms with Crippen molar-refractivity contribution in [2.75, 3.05) is 13.2 Å². The summed E-state index contributed by atoms with van der Waals surface area (Å²) < 4.78 is 27.3. The lowest BCUT2D eigenvalue weighted by molar-refractivity contribution is -0.137. The van der Waals surface area contributed by atoms with Crippen molar-refractivity contribution >= 4 is 17.9 Å². The molecule has 0 saturated heterocycles. The van der Waals surface area contributed by atoms with Crippen molar-refractivity contribution in [3.8, 4) is 17.2 Å². The molecule has 9 nitrogen and oxygen atoms in total. The number of benzene rings is 3. The highest BCUT2D eigenvalue weighted by Gasteiger charge is 2.22. The lowest BCUT2D eigenvalue weighted by Gasteiger charge is -2.26. The maximum absolute atomic E-state index is 12.9. The van der Waals surface area contributed by atoms with Crippen LogP contribution >= 0.6 is 0 Å². The molecule has 0 saturated carbocycles. The van der Waals surface area contributed by atoms with Crippen molar-refractivity contribution in [1.82, 2.24) is 0 Å². The van der Waals surface area contributed by atoms with Gasteiger partial charge in [-0.3, -0.25) is 0 Å². The molecule has 3 aromatic rings. The first-order chi connectivity index (χ1) is 21.2. The third kappa shape index (κ3) is 9.13. The first kappa shape index (κ1) is 32.2. The molecule has 0 spiro atoms. The Hall–Kier alpha value is -4.73. The van der Waals surface area contributed by atoms with Crippen LogP contribution in [0.1, 0.15) is 56.7 Å². The minimum atomic E-state index is -0.994. The summed E-state index contributed by atoms with van der Waals surface area (Å²) in [4.78, 5) is 36.6. The number of carbonyl (C=O) groups is 3. The van der Waals surface area contributed by atoms with E-state index in [0.29, 0.717) is 66.4 Å². The van der Waals surface area contributed by atoms with Gasteiger partial charge in [-0.25, -0.2) is 14.4 Å². The van der Waals surface area contributed by atoms with E-state index in [4.69, 9.17) is 23.7 Å². The van der Waals surface area contributed by atoms with Crippen LogP contribution in [0.5, 0.6) is 17.2 Å². The van der Waals surface area contributed by atoms with Crippen LogP contribution in [-0.4, -0.2) is 48.6 Å². The fourth-order valence-corrected chi connectivity index (χ4v) is 4.66. The van der Waals surface area contributed by atoms with E-state index in [-0.39, 0.29) is 6.10 Å². The highest BCUT2D eigenvalue weighted by atomic mass is 16.6. The summed E-state index contributed by atoms with van der Waals surface area (Å²) in [5.41, 5.74) is 3.54. The number of hydrogen-bond donors (Lipinski definition) is 1. The second kappa shape index (κ2) is 15.7. The molecule has 0 radical (unpaired) electrons. The summed E-state index contributed by atoms with van der Waals surface area (Å²) in [7, 11) is 0. The van der Waals surface area contributed by atoms with Gasteiger partial charge in [-0.2, -0.15) is 0 Å². The fraction of sp³-hybridized carbons (Fsp3) is 0.286. The maximum Gasteiger partial charge on any atom is 0.343 e. The molecule has 1 N–H and O–H groups in total. The van der Waals surface area contributed by atoms with Crippen molar-refractivity contribution < 1.29 is 43.2 Å². The number of fused-ring (bicyclic) bond motifs is 1. The van der Waals surface area contributed by atoms with Gasteiger partial charge in [-0.1, -0.05) is 19.2 Å². The van der Waals surface area contributed by atoms with Crippen molar-refractivity contribution in [1.29, 1.82) is 0 Å². The molecule has 2 atom stereocenters. The molecule has 1 aliphatic carbocycles. The Kier molecular flexibility index (Phi) is 11.5. The van der Waals surface area contributed by atoms with Gasteiger partial charge in [0.15, 0.2) is 6.29 Å². The quantitative estimate of drug-likeness (QED) is 0.0621. The first-order valence-corrected chi connectivity index (χ1v) is 14.4. The SMILES string of the molecule is C=CC(=O)OCCCCOc1ccc(C(=O)Oc2ccc(OC(=O)c3ccc4c(c3)CCC(OC(O)C=C)C4)c(C)c2)cc1. The summed E-state index contributed by atoms with van der Waals surface area (Å²) in [6.07, 6.45) is 4.82. The van der Waals surface area contributed by atoms with Gasteiger partial charge in [-0.05, 0) is 116 Å². The summed E-state index contributed by atoms with van der Waals surface area (Å²) in [6.45, 7) is 9.38. The zero-order valence-electron chi connectivity index (χ0n) is 24.7. The lowest BCUT2D eigenvalue weighted by atomic mass is 9.88. The molecule has 4 rings (SSSR count). The molecule has 2 unspecified atom stereocenters. The van der Waals surface area contributed by atoms with E-state index in [9.17, 15) is 19.5 Å². The van der Waals surface area contributed by atoms with E-state index >= 15 is 0 Å². The fourth-order valence-electron chi connectivity index (χ4n) is 4.66. The molecule has 0 aliphatic heterocycles. The van der Waals surface area contributed by atoms with E-state index < -0.39 is 24.2 Å². The Bertz CT molecular complexity index is 1490. The largest absolute Gasteiger partial charge is 0.494 e. The highest BCUT2D eigenvalue weighted by Crippen LogP contribution is 2.28. The van der Waals surface area contributed by atoms with Gasteiger partial charge in [0.2, 0.25) is 0 Å². The van der Waals surface area contributed by atoms with Crippen LogP contribution in [0.2, 0.25) is 0 Å². The number of aliphatic hydroxyl groups excluding tert-OH is 1. The van der Waals surface area contributed by atoms with E-state index in [1.54, 1.807) is 55.5 Å². The van der Waals surface area contributed by atoms with Gasteiger partial charge >= 0.3 is 17.9 Å². The van der Waals surface area contributed by atoms with Gasteiger partial charge < -0.3 is 28.8 Å². The Labute approximate surface area is 256 Å². The molecule has 0 fully saturated rings. The molecular weight excluding hydrogens is 564 g/mol. The van der Waals surface area contributed by atoms with Crippen LogP contribution in [0.15, 0.2) is 86.0 Å². The Morgan fingerprint density at radius 3 is 2.32 bits per heavy atom. The van der Waals surface area contributed by atoms with E-state index in [0.717, 1.165) is 30.0 Å². The van der Waals surface area contributed by atoms with Crippen LogP contribution in [0.4, 0.5) is 0 Å². The monoisotopic (exact) mass is 600 g/mol. The van der Waals surface area contributed by atoms with Crippen LogP contribution in [0.25, 0.3) is 0 Å². The number of esters is 3. The number of ether oxygens (including phenoxy) is 5. The molecule has 0 heterocycles. The minimum absolute atomic E-state index is 0.110. The van der Waals surface area contributed by atoms with Crippen molar-refractivity contribution in [2.45, 2.75) is 51.4 Å². The number of aliphatic hydroxyl groups is 1. The zero-order chi connectivity index (χ0) is 31.5. The number of aryl methyl sites for hydroxylation is 2. The first-order valence-electron chi connectivity index (χ1n) is 14.4. The molecule has 0 aromatic heterocycles. The third-order valence-corrected chi connectivity index (χ3v) is 7.03. The summed E-state index contributed by atoms with van der Waals surface area (Å²) in [6, 6.07) is 16.8. The summed E-state index contributed by atoms with van der Waals surface area (Å²) >= 11 is 0. The molecule has 0 bridgehead atoms. The number of hydrogen-bond acceptors (Lipinski definition) is 9. The molecule has 44 heavy (non-hydrogen) atoms. The van der Waals surface area contributed by atoms with Gasteiger partial charge in [0.05, 0.1) is 30.4 Å². The Morgan fingerprint density at radius 1 is 0.886 bits per heavy atom. The maximum atomic E-state index is 12.9. The molecule has 3 aromatic carbocycles. The third-order valence-electron chi connectivity index (χ3n) is 7.03. The second-order valence-corrected chi connectivity index (χ2v) is 10.3. The van der Waals surface area contributed by atoms with Crippen molar-refractivity contribution in [3.05, 3.63) is 114 Å². The highest BCUT2D eigenvalue weighted by molar-refractivity contribution is 5.92. The average Bonchev–Trinajstić information content (AvgIpc) is 3.03. The summed E-state index contributed by atoms with van der Waals surface area (Å²) in [5.74, 6) is -0.188. The molecule has 9 heteroatoms. The number of carbonyl (C=O) groups excluding carboxylic acids is 3. The van der Waals surface area contributed by atoms with Crippen LogP contribution < -0.4 is 14.2 Å². The average molecular weight is 601 g/mol. The topological polar surface area (TPSA) is 118 Å². The van der Waals surface area contributed by atoms with Crippen molar-refractivity contribution in [3.63, 3.8) is 0 Å². The van der Waals surface area contributed by atoms with E-state index in [2.05, 4.69) is 13.2 Å². The normalized spacial score (nSPS) is 14.5. The van der Waals surface area contributed by atoms with Crippen LogP contribution in [-0.2, 0) is 27.1 Å². The lowest BCUT2D eigenvalue weighted by Crippen LogP contribution is -2.27. The number of unbranched alkanes of at least 4 members (excludes halogenated alkanes) is 1. The standard InChI is InChI=1S/C35H36O9/c1-4-32(36)41-19-7-6-18-40-28-13-10-24(11-14-28)34(38)43-29-16-17-31(23(3)20-29)44-35(39)27-9-8-26-22-30(42-33(37)5-2)15-12-25(26)21-27/h4-5,8-11,13-14,16-17,20-21,30,33,37H,1-2,6-7,12,15,18-19,22H2,3H3. The molecule has 1 aliphatic rings. The van der Waals surface area contributed by atoms with E-state index in [1.807, 2.05) is 12.1 Å². The molecule has 230 valence electrons. The molecular formula is C35H36O9. The second-order valence-electron chi connectivity index (χ2n) is 10.3. The van der Waals surface area contributed by atoms with Gasteiger partial charge in [0.1, 0.15) is 17.2 Å². The Balaban J connectivity index is 1.26. The zero-order valence-corrected chi connectivity index (χ0v) is 24.7. The van der Waals surface area contributed by atoms with Gasteiger partial charge in [0.25, 0.3) is 0 Å².